The number of hydrogen-bond acceptors (Lipinski definition) is 2. The fraction of sp³-hybridized carbons (Fsp3) is 1.00. The summed E-state index contributed by atoms with van der Waals surface area (Å²) in [5.41, 5.74) is 0.594. The van der Waals surface area contributed by atoms with Crippen LogP contribution in [0.25, 0.3) is 0 Å². The maximum atomic E-state index is 6.07. The second kappa shape index (κ2) is 4.55. The van der Waals surface area contributed by atoms with Crippen molar-refractivity contribution >= 4 is 0 Å². The number of hydroxylamine groups is 2. The van der Waals surface area contributed by atoms with Gasteiger partial charge in [-0.15, -0.1) is 0 Å². The summed E-state index contributed by atoms with van der Waals surface area (Å²) in [4.78, 5) is 6.07. The standard InChI is InChI=1S/C15H27NO/c1-3-5-7-13-8-9-14-15(11-17-16(13)14)10-12(15)6-4-2/h12-14H,3-11H2,1-2H3/t12-,13+,14-,15-/m0/s1. The molecule has 3 rings (SSSR count). The molecular formula is C15H27NO. The second-order valence-electron chi connectivity index (χ2n) is 6.45. The van der Waals surface area contributed by atoms with Gasteiger partial charge >= 0.3 is 0 Å². The van der Waals surface area contributed by atoms with Gasteiger partial charge in [0.25, 0.3) is 0 Å². The van der Waals surface area contributed by atoms with E-state index >= 15 is 0 Å². The highest BCUT2D eigenvalue weighted by atomic mass is 16.7. The highest BCUT2D eigenvalue weighted by Crippen LogP contribution is 2.64. The number of hydrogen-bond donors (Lipinski definition) is 0. The maximum Gasteiger partial charge on any atom is 0.0760 e. The van der Waals surface area contributed by atoms with Crippen molar-refractivity contribution in [3.63, 3.8) is 0 Å². The van der Waals surface area contributed by atoms with Crippen molar-refractivity contribution in [1.82, 2.24) is 5.06 Å². The van der Waals surface area contributed by atoms with E-state index in [1.165, 1.54) is 51.4 Å². The summed E-state index contributed by atoms with van der Waals surface area (Å²) in [6, 6.07) is 1.52. The molecule has 0 radical (unpaired) electrons. The Kier molecular flexibility index (Phi) is 3.20. The minimum atomic E-state index is 0.594. The number of fused-ring (bicyclic) bond motifs is 2. The molecule has 17 heavy (non-hydrogen) atoms. The van der Waals surface area contributed by atoms with Crippen LogP contribution in [0.1, 0.15) is 65.2 Å². The van der Waals surface area contributed by atoms with Gasteiger partial charge in [0.2, 0.25) is 0 Å². The molecule has 0 amide bonds. The third kappa shape index (κ3) is 1.84. The first-order chi connectivity index (χ1) is 8.31. The predicted octanol–water partition coefficient (Wildman–Crippen LogP) is 3.76. The largest absolute Gasteiger partial charge is 0.298 e. The molecular weight excluding hydrogens is 210 g/mol. The molecule has 3 aliphatic rings. The van der Waals surface area contributed by atoms with Gasteiger partial charge in [-0.05, 0) is 31.6 Å². The molecule has 2 saturated heterocycles. The predicted molar refractivity (Wildman–Crippen MR) is 69.6 cm³/mol. The van der Waals surface area contributed by atoms with Crippen molar-refractivity contribution in [3.8, 4) is 0 Å². The zero-order chi connectivity index (χ0) is 11.9. The van der Waals surface area contributed by atoms with Crippen LogP contribution >= 0.6 is 0 Å². The van der Waals surface area contributed by atoms with E-state index in [1.807, 2.05) is 0 Å². The van der Waals surface area contributed by atoms with Crippen molar-refractivity contribution in [2.45, 2.75) is 77.3 Å². The van der Waals surface area contributed by atoms with Crippen LogP contribution in [0.3, 0.4) is 0 Å². The molecule has 1 saturated carbocycles. The average Bonchev–Trinajstić information content (AvgIpc) is 2.71. The molecule has 0 unspecified atom stereocenters. The monoisotopic (exact) mass is 237 g/mol. The van der Waals surface area contributed by atoms with Gasteiger partial charge in [-0.25, -0.2) is 0 Å². The summed E-state index contributed by atoms with van der Waals surface area (Å²) >= 11 is 0. The zero-order valence-corrected chi connectivity index (χ0v) is 11.5. The molecule has 0 N–H and O–H groups in total. The lowest BCUT2D eigenvalue weighted by molar-refractivity contribution is -0.143. The van der Waals surface area contributed by atoms with E-state index in [4.69, 9.17) is 4.84 Å². The lowest BCUT2D eigenvalue weighted by Crippen LogP contribution is -2.33. The van der Waals surface area contributed by atoms with Crippen molar-refractivity contribution in [2.75, 3.05) is 6.61 Å². The normalized spacial score (nSPS) is 44.5. The highest BCUT2D eigenvalue weighted by molar-refractivity contribution is 5.13. The molecule has 1 aliphatic carbocycles. The first-order valence-electron chi connectivity index (χ1n) is 7.73. The van der Waals surface area contributed by atoms with Gasteiger partial charge in [0.1, 0.15) is 0 Å². The lowest BCUT2D eigenvalue weighted by atomic mass is 9.92. The van der Waals surface area contributed by atoms with E-state index in [0.717, 1.165) is 24.6 Å². The molecule has 98 valence electrons. The third-order valence-electron chi connectivity index (χ3n) is 5.39. The van der Waals surface area contributed by atoms with E-state index in [2.05, 4.69) is 18.9 Å². The highest BCUT2D eigenvalue weighted by Gasteiger charge is 2.65. The van der Waals surface area contributed by atoms with Crippen molar-refractivity contribution in [1.29, 1.82) is 0 Å². The van der Waals surface area contributed by atoms with Crippen molar-refractivity contribution in [3.05, 3.63) is 0 Å². The summed E-state index contributed by atoms with van der Waals surface area (Å²) in [6.45, 7) is 5.64. The lowest BCUT2D eigenvalue weighted by Gasteiger charge is -2.23. The van der Waals surface area contributed by atoms with E-state index in [9.17, 15) is 0 Å². The van der Waals surface area contributed by atoms with Gasteiger partial charge in [0.05, 0.1) is 6.61 Å². The van der Waals surface area contributed by atoms with Gasteiger partial charge in [0, 0.05) is 17.5 Å². The Morgan fingerprint density at radius 1 is 1.18 bits per heavy atom. The van der Waals surface area contributed by atoms with Crippen LogP contribution in [0.2, 0.25) is 0 Å². The summed E-state index contributed by atoms with van der Waals surface area (Å²) in [6.07, 6.45) is 11.0. The minimum absolute atomic E-state index is 0.594. The zero-order valence-electron chi connectivity index (χ0n) is 11.5. The van der Waals surface area contributed by atoms with Gasteiger partial charge in [-0.2, -0.15) is 5.06 Å². The topological polar surface area (TPSA) is 12.5 Å². The number of nitrogens with zero attached hydrogens (tertiary/aromatic N) is 1. The van der Waals surface area contributed by atoms with Gasteiger partial charge < -0.3 is 0 Å². The molecule has 0 aromatic heterocycles. The Balaban J connectivity index is 1.60. The molecule has 0 aromatic rings. The Hall–Kier alpha value is -0.0800. The van der Waals surface area contributed by atoms with E-state index in [1.54, 1.807) is 0 Å². The van der Waals surface area contributed by atoms with Crippen molar-refractivity contribution in [2.24, 2.45) is 11.3 Å². The Labute approximate surface area is 106 Å². The fourth-order valence-electron chi connectivity index (χ4n) is 4.32. The summed E-state index contributed by atoms with van der Waals surface area (Å²) in [5, 5.41) is 2.42. The van der Waals surface area contributed by atoms with Crippen LogP contribution in [-0.2, 0) is 4.84 Å². The molecule has 2 nitrogen and oxygen atoms in total. The van der Waals surface area contributed by atoms with Gasteiger partial charge in [0.15, 0.2) is 0 Å². The smallest absolute Gasteiger partial charge is 0.0760 e. The molecule has 0 aromatic carbocycles. The van der Waals surface area contributed by atoms with Crippen LogP contribution in [0, 0.1) is 11.3 Å². The van der Waals surface area contributed by atoms with E-state index in [-0.39, 0.29) is 0 Å². The molecule has 3 fully saturated rings. The van der Waals surface area contributed by atoms with E-state index in [0.29, 0.717) is 5.41 Å². The van der Waals surface area contributed by atoms with Gasteiger partial charge in [-0.1, -0.05) is 39.5 Å². The third-order valence-corrected chi connectivity index (χ3v) is 5.39. The van der Waals surface area contributed by atoms with Crippen LogP contribution in [0.15, 0.2) is 0 Å². The van der Waals surface area contributed by atoms with Crippen LogP contribution < -0.4 is 0 Å². The van der Waals surface area contributed by atoms with E-state index < -0.39 is 0 Å². The first kappa shape index (κ1) is 12.0. The average molecular weight is 237 g/mol. The SMILES string of the molecule is CCCC[C@@H]1CC[C@@H]2N1OC[C@]21C[C@@H]1CCC. The summed E-state index contributed by atoms with van der Waals surface area (Å²) in [7, 11) is 0. The Morgan fingerprint density at radius 3 is 2.82 bits per heavy atom. The first-order valence-corrected chi connectivity index (χ1v) is 7.73. The quantitative estimate of drug-likeness (QED) is 0.722. The summed E-state index contributed by atoms with van der Waals surface area (Å²) in [5.74, 6) is 0.979. The summed E-state index contributed by atoms with van der Waals surface area (Å²) < 4.78 is 0. The molecule has 4 atom stereocenters. The minimum Gasteiger partial charge on any atom is -0.298 e. The Bertz CT molecular complexity index is 280. The number of unbranched alkanes of at least 4 members (excludes halogenated alkanes) is 1. The van der Waals surface area contributed by atoms with Crippen LogP contribution in [0.4, 0.5) is 0 Å². The molecule has 0 bridgehead atoms. The fourth-order valence-corrected chi connectivity index (χ4v) is 4.32. The van der Waals surface area contributed by atoms with Gasteiger partial charge in [-0.3, -0.25) is 4.84 Å². The Morgan fingerprint density at radius 2 is 2.06 bits per heavy atom. The molecule has 2 aliphatic heterocycles. The van der Waals surface area contributed by atoms with Crippen molar-refractivity contribution < 1.29 is 4.84 Å². The van der Waals surface area contributed by atoms with Crippen LogP contribution in [0.5, 0.6) is 0 Å². The molecule has 2 heteroatoms. The second-order valence-corrected chi connectivity index (χ2v) is 6.45. The molecule has 2 heterocycles. The number of rotatable bonds is 5. The van der Waals surface area contributed by atoms with Crippen LogP contribution in [-0.4, -0.2) is 23.8 Å². The maximum absolute atomic E-state index is 6.07. The molecule has 1 spiro atoms.